The van der Waals surface area contributed by atoms with E-state index in [-0.39, 0.29) is 5.11 Å². The van der Waals surface area contributed by atoms with Gasteiger partial charge < -0.3 is 15.2 Å². The molecule has 0 saturated heterocycles. The molecule has 18 heavy (non-hydrogen) atoms. The molecule has 0 aliphatic rings. The molecule has 5 nitrogen and oxygen atoms in total. The number of rotatable bonds is 6. The van der Waals surface area contributed by atoms with E-state index in [0.717, 1.165) is 17.7 Å². The van der Waals surface area contributed by atoms with Crippen molar-refractivity contribution in [3.63, 3.8) is 0 Å². The summed E-state index contributed by atoms with van der Waals surface area (Å²) in [7, 11) is 1.60. The van der Waals surface area contributed by atoms with Gasteiger partial charge in [0.2, 0.25) is 0 Å². The number of hydrogen-bond donors (Lipinski definition) is 2. The molecule has 1 rings (SSSR count). The summed E-state index contributed by atoms with van der Waals surface area (Å²) in [6.07, 6.45) is 2.55. The van der Waals surface area contributed by atoms with Gasteiger partial charge in [-0.2, -0.15) is 5.10 Å². The number of methoxy groups -OCH3 is 1. The van der Waals surface area contributed by atoms with Crippen molar-refractivity contribution in [2.24, 2.45) is 10.8 Å². The summed E-state index contributed by atoms with van der Waals surface area (Å²) < 4.78 is 10.8. The quantitative estimate of drug-likeness (QED) is 0.466. The maximum atomic E-state index is 5.55. The van der Waals surface area contributed by atoms with Crippen LogP contribution in [0.3, 0.4) is 0 Å². The Morgan fingerprint density at radius 3 is 2.89 bits per heavy atom. The molecule has 0 amide bonds. The van der Waals surface area contributed by atoms with Gasteiger partial charge in [0.15, 0.2) is 16.6 Å². The van der Waals surface area contributed by atoms with Gasteiger partial charge >= 0.3 is 0 Å². The number of thiocarbonyl (C=S) groups is 1. The maximum Gasteiger partial charge on any atom is 0.184 e. The van der Waals surface area contributed by atoms with Crippen LogP contribution >= 0.6 is 12.2 Å². The zero-order valence-electron chi connectivity index (χ0n) is 10.5. The number of benzene rings is 1. The molecule has 0 aliphatic carbocycles. The number of nitrogens with one attached hydrogen (secondary N) is 1. The number of hydrogen-bond acceptors (Lipinski definition) is 4. The van der Waals surface area contributed by atoms with Crippen LogP contribution in [-0.4, -0.2) is 25.0 Å². The normalized spacial score (nSPS) is 10.3. The Morgan fingerprint density at radius 2 is 2.28 bits per heavy atom. The number of ether oxygens (including phenoxy) is 2. The first-order valence-electron chi connectivity index (χ1n) is 5.56. The number of nitrogens with two attached hydrogens (primary N) is 1. The summed E-state index contributed by atoms with van der Waals surface area (Å²) in [6, 6.07) is 5.55. The van der Waals surface area contributed by atoms with E-state index in [1.807, 2.05) is 18.2 Å². The van der Waals surface area contributed by atoms with Gasteiger partial charge in [0.05, 0.1) is 19.9 Å². The van der Waals surface area contributed by atoms with E-state index in [4.69, 9.17) is 15.2 Å². The first-order valence-corrected chi connectivity index (χ1v) is 5.97. The predicted octanol–water partition coefficient (Wildman–Crippen LogP) is 1.65. The SMILES string of the molecule is CCCOc1ccc(/C=N/NC(N)=S)cc1OC. The fourth-order valence-corrected chi connectivity index (χ4v) is 1.32. The lowest BCUT2D eigenvalue weighted by atomic mass is 10.2. The van der Waals surface area contributed by atoms with Crippen LogP contribution in [0.1, 0.15) is 18.9 Å². The Labute approximate surface area is 112 Å². The monoisotopic (exact) mass is 267 g/mol. The number of hydrazone groups is 1. The zero-order valence-corrected chi connectivity index (χ0v) is 11.3. The van der Waals surface area contributed by atoms with Crippen molar-refractivity contribution >= 4 is 23.5 Å². The van der Waals surface area contributed by atoms with Crippen LogP contribution in [-0.2, 0) is 0 Å². The first kappa shape index (κ1) is 14.2. The van der Waals surface area contributed by atoms with E-state index in [1.54, 1.807) is 13.3 Å². The van der Waals surface area contributed by atoms with Crippen LogP contribution in [0.5, 0.6) is 11.5 Å². The largest absolute Gasteiger partial charge is 0.493 e. The van der Waals surface area contributed by atoms with E-state index in [2.05, 4.69) is 29.7 Å². The average Bonchev–Trinajstić information content (AvgIpc) is 2.36. The summed E-state index contributed by atoms with van der Waals surface area (Å²) in [5.41, 5.74) is 8.60. The fourth-order valence-electron chi connectivity index (χ4n) is 1.27. The minimum Gasteiger partial charge on any atom is -0.493 e. The van der Waals surface area contributed by atoms with Crippen molar-refractivity contribution < 1.29 is 9.47 Å². The number of nitrogens with zero attached hydrogens (tertiary/aromatic N) is 1. The van der Waals surface area contributed by atoms with E-state index >= 15 is 0 Å². The lowest BCUT2D eigenvalue weighted by molar-refractivity contribution is 0.294. The molecule has 0 radical (unpaired) electrons. The van der Waals surface area contributed by atoms with Crippen LogP contribution in [0, 0.1) is 0 Å². The Bertz CT molecular complexity index is 435. The van der Waals surface area contributed by atoms with Gasteiger partial charge in [-0.15, -0.1) is 0 Å². The molecule has 98 valence electrons. The fraction of sp³-hybridized carbons (Fsp3) is 0.333. The standard InChI is InChI=1S/C12H17N3O2S/c1-3-6-17-10-5-4-9(7-11(10)16-2)8-14-15-12(13)18/h4-5,7-8H,3,6H2,1-2H3,(H3,13,15,18)/b14-8+. The van der Waals surface area contributed by atoms with Crippen LogP contribution in [0.4, 0.5) is 0 Å². The Morgan fingerprint density at radius 1 is 1.50 bits per heavy atom. The van der Waals surface area contributed by atoms with Gasteiger partial charge in [-0.3, -0.25) is 5.43 Å². The Balaban J connectivity index is 2.77. The zero-order chi connectivity index (χ0) is 13.4. The molecule has 6 heteroatoms. The summed E-state index contributed by atoms with van der Waals surface area (Å²) >= 11 is 4.64. The molecule has 1 aromatic carbocycles. The van der Waals surface area contributed by atoms with Gasteiger partial charge in [0, 0.05) is 0 Å². The highest BCUT2D eigenvalue weighted by Crippen LogP contribution is 2.27. The van der Waals surface area contributed by atoms with Gasteiger partial charge in [-0.05, 0) is 42.4 Å². The van der Waals surface area contributed by atoms with Crippen LogP contribution < -0.4 is 20.6 Å². The molecule has 0 atom stereocenters. The van der Waals surface area contributed by atoms with Crippen molar-refractivity contribution in [1.82, 2.24) is 5.43 Å². The molecule has 0 spiro atoms. The molecule has 0 fully saturated rings. The topological polar surface area (TPSA) is 68.9 Å². The minimum atomic E-state index is 0.126. The van der Waals surface area contributed by atoms with Crippen LogP contribution in [0.25, 0.3) is 0 Å². The van der Waals surface area contributed by atoms with Gasteiger partial charge in [-0.1, -0.05) is 6.92 Å². The minimum absolute atomic E-state index is 0.126. The van der Waals surface area contributed by atoms with Crippen LogP contribution in [0.2, 0.25) is 0 Å². The third kappa shape index (κ3) is 4.58. The molecule has 0 heterocycles. The summed E-state index contributed by atoms with van der Waals surface area (Å²) in [6.45, 7) is 2.71. The lowest BCUT2D eigenvalue weighted by Crippen LogP contribution is -2.23. The van der Waals surface area contributed by atoms with E-state index in [0.29, 0.717) is 12.4 Å². The van der Waals surface area contributed by atoms with Crippen molar-refractivity contribution in [3.05, 3.63) is 23.8 Å². The third-order valence-electron chi connectivity index (χ3n) is 2.04. The molecular weight excluding hydrogens is 250 g/mol. The second-order valence-electron chi connectivity index (χ2n) is 3.49. The van der Waals surface area contributed by atoms with E-state index in [1.165, 1.54) is 0 Å². The molecular formula is C12H17N3O2S. The molecule has 0 bridgehead atoms. The second-order valence-corrected chi connectivity index (χ2v) is 3.93. The second kappa shape index (κ2) is 7.50. The smallest absolute Gasteiger partial charge is 0.184 e. The van der Waals surface area contributed by atoms with Crippen molar-refractivity contribution in [3.8, 4) is 11.5 Å². The Kier molecular flexibility index (Phi) is 5.93. The molecule has 1 aromatic rings. The molecule has 0 aliphatic heterocycles. The van der Waals surface area contributed by atoms with Crippen molar-refractivity contribution in [2.45, 2.75) is 13.3 Å². The van der Waals surface area contributed by atoms with Crippen molar-refractivity contribution in [1.29, 1.82) is 0 Å². The van der Waals surface area contributed by atoms with Crippen molar-refractivity contribution in [2.75, 3.05) is 13.7 Å². The van der Waals surface area contributed by atoms with Gasteiger partial charge in [0.25, 0.3) is 0 Å². The van der Waals surface area contributed by atoms with Gasteiger partial charge in [0.1, 0.15) is 0 Å². The highest BCUT2D eigenvalue weighted by Gasteiger charge is 2.04. The Hall–Kier alpha value is -1.82. The maximum absolute atomic E-state index is 5.55. The summed E-state index contributed by atoms with van der Waals surface area (Å²) in [4.78, 5) is 0. The van der Waals surface area contributed by atoms with E-state index in [9.17, 15) is 0 Å². The predicted molar refractivity (Wildman–Crippen MR) is 76.3 cm³/mol. The highest BCUT2D eigenvalue weighted by molar-refractivity contribution is 7.80. The highest BCUT2D eigenvalue weighted by atomic mass is 32.1. The molecule has 0 saturated carbocycles. The lowest BCUT2D eigenvalue weighted by Gasteiger charge is -2.10. The molecule has 0 unspecified atom stereocenters. The summed E-state index contributed by atoms with van der Waals surface area (Å²) in [5.74, 6) is 1.39. The average molecular weight is 267 g/mol. The molecule has 0 aromatic heterocycles. The summed E-state index contributed by atoms with van der Waals surface area (Å²) in [5, 5.41) is 4.00. The first-order chi connectivity index (χ1) is 8.67. The van der Waals surface area contributed by atoms with E-state index < -0.39 is 0 Å². The van der Waals surface area contributed by atoms with Gasteiger partial charge in [-0.25, -0.2) is 0 Å². The van der Waals surface area contributed by atoms with Crippen LogP contribution in [0.15, 0.2) is 23.3 Å². The third-order valence-corrected chi connectivity index (χ3v) is 2.13. The molecule has 3 N–H and O–H groups in total.